The molecule has 0 radical (unpaired) electrons. The van der Waals surface area contributed by atoms with Crippen LogP contribution in [0, 0.1) is 0 Å². The molecule has 2 heteroatoms. The lowest BCUT2D eigenvalue weighted by Gasteiger charge is -2.35. The first-order chi connectivity index (χ1) is 29.3. The van der Waals surface area contributed by atoms with Crippen LogP contribution in [0.1, 0.15) is 22.3 Å². The Morgan fingerprint density at radius 2 is 0.915 bits per heavy atom. The first-order valence-electron chi connectivity index (χ1n) is 20.3. The van der Waals surface area contributed by atoms with Gasteiger partial charge in [-0.25, -0.2) is 0 Å². The highest BCUT2D eigenvalue weighted by atomic mass is 16.3. The molecule has 59 heavy (non-hydrogen) atoms. The summed E-state index contributed by atoms with van der Waals surface area (Å²) in [5.74, 6) is 0. The van der Waals surface area contributed by atoms with Crippen LogP contribution in [0.3, 0.4) is 0 Å². The normalized spacial score (nSPS) is 12.9. The van der Waals surface area contributed by atoms with E-state index >= 15 is 0 Å². The zero-order valence-electron chi connectivity index (χ0n) is 32.2. The van der Waals surface area contributed by atoms with Crippen molar-refractivity contribution in [1.29, 1.82) is 0 Å². The Bertz CT molecular complexity index is 3340. The topological polar surface area (TPSA) is 16.4 Å². The number of hydrogen-bond acceptors (Lipinski definition) is 2. The van der Waals surface area contributed by atoms with E-state index in [1.165, 1.54) is 60.7 Å². The highest BCUT2D eigenvalue weighted by Crippen LogP contribution is 2.57. The molecule has 0 saturated carbocycles. The molecule has 0 atom stereocenters. The van der Waals surface area contributed by atoms with Gasteiger partial charge in [0.15, 0.2) is 0 Å². The maximum Gasteiger partial charge on any atom is 0.143 e. The van der Waals surface area contributed by atoms with E-state index in [9.17, 15) is 0 Å². The van der Waals surface area contributed by atoms with E-state index in [-0.39, 0.29) is 0 Å². The quantitative estimate of drug-likeness (QED) is 0.168. The molecule has 1 aliphatic rings. The fraction of sp³-hybridized carbons (Fsp3) is 0.0175. The van der Waals surface area contributed by atoms with Crippen molar-refractivity contribution in [1.82, 2.24) is 0 Å². The Kier molecular flexibility index (Phi) is 7.48. The third kappa shape index (κ3) is 5.06. The van der Waals surface area contributed by atoms with E-state index in [0.29, 0.717) is 0 Å². The number of furan rings is 1. The zero-order valence-corrected chi connectivity index (χ0v) is 32.2. The number of hydrogen-bond donors (Lipinski definition) is 0. The first-order valence-corrected chi connectivity index (χ1v) is 20.3. The number of benzene rings is 10. The molecule has 1 aromatic heterocycles. The highest BCUT2D eigenvalue weighted by molar-refractivity contribution is 6.19. The van der Waals surface area contributed by atoms with Gasteiger partial charge < -0.3 is 9.32 Å². The number of rotatable bonds is 6. The minimum absolute atomic E-state index is 0.515. The molecule has 0 amide bonds. The summed E-state index contributed by atoms with van der Waals surface area (Å²) in [5.41, 5.74) is 14.5. The van der Waals surface area contributed by atoms with Gasteiger partial charge in [-0.3, -0.25) is 0 Å². The summed E-state index contributed by atoms with van der Waals surface area (Å²) in [6.45, 7) is 0. The van der Waals surface area contributed by atoms with Crippen molar-refractivity contribution >= 4 is 60.5 Å². The predicted molar refractivity (Wildman–Crippen MR) is 246 cm³/mol. The molecule has 0 saturated heterocycles. The second kappa shape index (κ2) is 13.2. The zero-order chi connectivity index (χ0) is 38.9. The van der Waals surface area contributed by atoms with Crippen LogP contribution in [0.4, 0.5) is 17.1 Å². The molecule has 10 aromatic carbocycles. The van der Waals surface area contributed by atoms with E-state index in [1.807, 2.05) is 0 Å². The molecule has 11 aromatic rings. The maximum atomic E-state index is 6.76. The molecule has 0 N–H and O–H groups in total. The van der Waals surface area contributed by atoms with Gasteiger partial charge in [0.25, 0.3) is 0 Å². The first kappa shape index (κ1) is 33.5. The van der Waals surface area contributed by atoms with Gasteiger partial charge >= 0.3 is 0 Å². The number of fused-ring (bicyclic) bond motifs is 9. The molecule has 0 bridgehead atoms. The largest absolute Gasteiger partial charge is 0.455 e. The van der Waals surface area contributed by atoms with E-state index < -0.39 is 5.41 Å². The van der Waals surface area contributed by atoms with Crippen LogP contribution in [0.15, 0.2) is 229 Å². The summed E-state index contributed by atoms with van der Waals surface area (Å²) in [6.07, 6.45) is 0. The molecule has 0 aliphatic heterocycles. The monoisotopic (exact) mass is 751 g/mol. The van der Waals surface area contributed by atoms with Crippen LogP contribution in [0.25, 0.3) is 65.7 Å². The molecule has 2 nitrogen and oxygen atoms in total. The average molecular weight is 752 g/mol. The molecule has 12 rings (SSSR count). The average Bonchev–Trinajstić information content (AvgIpc) is 3.83. The van der Waals surface area contributed by atoms with Crippen LogP contribution in [-0.2, 0) is 5.41 Å². The third-order valence-electron chi connectivity index (χ3n) is 12.5. The molecule has 1 aliphatic carbocycles. The SMILES string of the molecule is c1ccc(-c2cc3c4cc(N(c5ccc6c(c5)C(c5ccccc5)(c5ccccc5)c5ccccc5-6)c5ccc6ccccc6c5)ccc4oc3c3ccccc23)cc1. The molecular weight excluding hydrogens is 715 g/mol. The molecule has 0 unspecified atom stereocenters. The summed E-state index contributed by atoms with van der Waals surface area (Å²) < 4.78 is 6.76. The maximum absolute atomic E-state index is 6.76. The van der Waals surface area contributed by atoms with Gasteiger partial charge in [0, 0.05) is 33.2 Å². The van der Waals surface area contributed by atoms with Crippen LogP contribution in [-0.4, -0.2) is 0 Å². The molecular formula is C57H37NO. The van der Waals surface area contributed by atoms with Crippen LogP contribution >= 0.6 is 0 Å². The molecule has 1 heterocycles. The van der Waals surface area contributed by atoms with Crippen molar-refractivity contribution in [2.45, 2.75) is 5.41 Å². The third-order valence-corrected chi connectivity index (χ3v) is 12.5. The Labute approximate surface area is 342 Å². The van der Waals surface area contributed by atoms with Crippen molar-refractivity contribution in [2.24, 2.45) is 0 Å². The van der Waals surface area contributed by atoms with Gasteiger partial charge in [-0.2, -0.15) is 0 Å². The van der Waals surface area contributed by atoms with Crippen molar-refractivity contribution in [3.05, 3.63) is 247 Å². The van der Waals surface area contributed by atoms with Crippen LogP contribution in [0.2, 0.25) is 0 Å². The van der Waals surface area contributed by atoms with Gasteiger partial charge in [-0.05, 0) is 109 Å². The highest BCUT2D eigenvalue weighted by Gasteiger charge is 2.46. The summed E-state index contributed by atoms with van der Waals surface area (Å²) >= 11 is 0. The lowest BCUT2D eigenvalue weighted by atomic mass is 9.67. The summed E-state index contributed by atoms with van der Waals surface area (Å²) in [7, 11) is 0. The Balaban J connectivity index is 1.13. The fourth-order valence-electron chi connectivity index (χ4n) is 9.92. The van der Waals surface area contributed by atoms with Crippen molar-refractivity contribution < 1.29 is 4.42 Å². The lowest BCUT2D eigenvalue weighted by Crippen LogP contribution is -2.28. The van der Waals surface area contributed by atoms with Gasteiger partial charge in [0.1, 0.15) is 11.2 Å². The smallest absolute Gasteiger partial charge is 0.143 e. The van der Waals surface area contributed by atoms with Gasteiger partial charge in [0.05, 0.1) is 5.41 Å². The van der Waals surface area contributed by atoms with E-state index in [2.05, 4.69) is 229 Å². The number of anilines is 3. The van der Waals surface area contributed by atoms with Crippen molar-refractivity contribution in [3.63, 3.8) is 0 Å². The Hall–Kier alpha value is -7.68. The van der Waals surface area contributed by atoms with E-state index in [4.69, 9.17) is 4.42 Å². The van der Waals surface area contributed by atoms with E-state index in [0.717, 1.165) is 44.4 Å². The van der Waals surface area contributed by atoms with Gasteiger partial charge in [0.2, 0.25) is 0 Å². The summed E-state index contributed by atoms with van der Waals surface area (Å²) in [6, 6.07) is 81.8. The van der Waals surface area contributed by atoms with Crippen LogP contribution in [0.5, 0.6) is 0 Å². The minimum atomic E-state index is -0.515. The molecule has 0 spiro atoms. The molecule has 0 fully saturated rings. The summed E-state index contributed by atoms with van der Waals surface area (Å²) in [5, 5.41) is 6.90. The van der Waals surface area contributed by atoms with E-state index in [1.54, 1.807) is 0 Å². The molecule has 276 valence electrons. The number of nitrogens with zero attached hydrogens (tertiary/aromatic N) is 1. The van der Waals surface area contributed by atoms with Crippen molar-refractivity contribution in [2.75, 3.05) is 4.90 Å². The van der Waals surface area contributed by atoms with Crippen LogP contribution < -0.4 is 4.90 Å². The fourth-order valence-corrected chi connectivity index (χ4v) is 9.92. The van der Waals surface area contributed by atoms with Gasteiger partial charge in [-0.1, -0.05) is 176 Å². The second-order valence-electron chi connectivity index (χ2n) is 15.6. The van der Waals surface area contributed by atoms with Gasteiger partial charge in [-0.15, -0.1) is 0 Å². The second-order valence-corrected chi connectivity index (χ2v) is 15.6. The minimum Gasteiger partial charge on any atom is -0.455 e. The Morgan fingerprint density at radius 3 is 1.69 bits per heavy atom. The summed E-state index contributed by atoms with van der Waals surface area (Å²) in [4.78, 5) is 2.42. The standard InChI is InChI=1S/C57H37NO/c1-4-17-39(18-5-1)50-37-52-51-35-44(31-33-55(51)59-56(52)49-26-13-12-24-46(49)50)58(43-29-28-38-16-10-11-19-40(38)34-43)45-30-32-48-47-25-14-15-27-53(47)57(54(48)36-45,41-20-6-2-7-21-41)42-22-8-3-9-23-42/h1-37H. The van der Waals surface area contributed by atoms with Crippen molar-refractivity contribution in [3.8, 4) is 22.3 Å². The lowest BCUT2D eigenvalue weighted by molar-refractivity contribution is 0.672. The Morgan fingerprint density at radius 1 is 0.339 bits per heavy atom. The predicted octanol–water partition coefficient (Wildman–Crippen LogP) is 15.4.